The summed E-state index contributed by atoms with van der Waals surface area (Å²) in [5.41, 5.74) is 5.08. The van der Waals surface area contributed by atoms with Crippen molar-refractivity contribution in [1.82, 2.24) is 24.6 Å². The van der Waals surface area contributed by atoms with E-state index in [0.717, 1.165) is 17.0 Å². The molecule has 1 aliphatic rings. The highest BCUT2D eigenvalue weighted by molar-refractivity contribution is 5.83. The summed E-state index contributed by atoms with van der Waals surface area (Å²) in [4.78, 5) is 9.66. The lowest BCUT2D eigenvalue weighted by atomic mass is 9.82. The molecule has 0 amide bonds. The largest absolute Gasteiger partial charge is 0.422 e. The van der Waals surface area contributed by atoms with Crippen molar-refractivity contribution in [3.63, 3.8) is 0 Å². The Hall–Kier alpha value is -2.76. The summed E-state index contributed by atoms with van der Waals surface area (Å²) in [6, 6.07) is 6.58. The molecule has 0 atom stereocenters. The lowest BCUT2D eigenvalue weighted by molar-refractivity contribution is 0.445. The zero-order chi connectivity index (χ0) is 18.4. The van der Waals surface area contributed by atoms with Gasteiger partial charge in [0.25, 0.3) is 5.89 Å². The zero-order valence-electron chi connectivity index (χ0n) is 15.7. The number of nitrogens with zero attached hydrogens (tertiary/aromatic N) is 5. The molecular weight excluding hydrogens is 338 g/mol. The van der Waals surface area contributed by atoms with E-state index in [2.05, 4.69) is 51.6 Å². The quantitative estimate of drug-likeness (QED) is 0.507. The van der Waals surface area contributed by atoms with Crippen LogP contribution < -0.4 is 0 Å². The van der Waals surface area contributed by atoms with Crippen molar-refractivity contribution in [1.29, 1.82) is 0 Å². The molecule has 27 heavy (non-hydrogen) atoms. The zero-order valence-corrected chi connectivity index (χ0v) is 15.7. The number of hydrogen-bond acceptors (Lipinski definition) is 5. The third-order valence-corrected chi connectivity index (χ3v) is 5.67. The van der Waals surface area contributed by atoms with Crippen LogP contribution in [0, 0.1) is 0 Å². The Morgan fingerprint density at radius 2 is 1.96 bits per heavy atom. The Morgan fingerprint density at radius 1 is 1.11 bits per heavy atom. The first-order chi connectivity index (χ1) is 13.2. The minimum absolute atomic E-state index is 0.380. The first kappa shape index (κ1) is 16.4. The van der Waals surface area contributed by atoms with Gasteiger partial charge in [-0.15, -0.1) is 10.2 Å². The van der Waals surface area contributed by atoms with E-state index >= 15 is 0 Å². The Kier molecular flexibility index (Phi) is 3.92. The van der Waals surface area contributed by atoms with Gasteiger partial charge in [-0.25, -0.2) is 9.97 Å². The van der Waals surface area contributed by atoms with Crippen molar-refractivity contribution in [2.45, 2.75) is 57.8 Å². The van der Waals surface area contributed by atoms with Gasteiger partial charge in [-0.3, -0.25) is 4.40 Å². The smallest absolute Gasteiger partial charge is 0.267 e. The predicted molar refractivity (Wildman–Crippen MR) is 104 cm³/mol. The minimum atomic E-state index is 0.380. The van der Waals surface area contributed by atoms with Gasteiger partial charge in [0.2, 0.25) is 6.39 Å². The molecule has 1 aliphatic carbocycles. The summed E-state index contributed by atoms with van der Waals surface area (Å²) in [6.07, 6.45) is 9.81. The highest BCUT2D eigenvalue weighted by Gasteiger charge is 2.21. The van der Waals surface area contributed by atoms with Gasteiger partial charge in [0.1, 0.15) is 17.0 Å². The van der Waals surface area contributed by atoms with Crippen molar-refractivity contribution in [2.75, 3.05) is 0 Å². The van der Waals surface area contributed by atoms with Crippen LogP contribution in [0.15, 0.2) is 35.2 Å². The van der Waals surface area contributed by atoms with Crippen LogP contribution >= 0.6 is 0 Å². The van der Waals surface area contributed by atoms with E-state index in [4.69, 9.17) is 9.40 Å². The average molecular weight is 361 g/mol. The summed E-state index contributed by atoms with van der Waals surface area (Å²) in [6.45, 7) is 4.41. The minimum Gasteiger partial charge on any atom is -0.422 e. The van der Waals surface area contributed by atoms with Gasteiger partial charge in [-0.05, 0) is 48.4 Å². The topological polar surface area (TPSA) is 69.1 Å². The van der Waals surface area contributed by atoms with Crippen molar-refractivity contribution < 1.29 is 4.42 Å². The van der Waals surface area contributed by atoms with Crippen LogP contribution in [0.2, 0.25) is 0 Å². The third kappa shape index (κ3) is 2.80. The monoisotopic (exact) mass is 361 g/mol. The lowest BCUT2D eigenvalue weighted by Gasteiger charge is -2.24. The Bertz CT molecular complexity index is 1090. The molecule has 0 N–H and O–H groups in total. The summed E-state index contributed by atoms with van der Waals surface area (Å²) >= 11 is 0. The molecule has 6 nitrogen and oxygen atoms in total. The second kappa shape index (κ2) is 6.44. The molecule has 0 aromatic carbocycles. The van der Waals surface area contributed by atoms with Crippen LogP contribution in [0.5, 0.6) is 0 Å². The van der Waals surface area contributed by atoms with Gasteiger partial charge >= 0.3 is 0 Å². The van der Waals surface area contributed by atoms with Crippen LogP contribution in [-0.2, 0) is 0 Å². The number of pyridine rings is 2. The highest BCUT2D eigenvalue weighted by Crippen LogP contribution is 2.37. The van der Waals surface area contributed by atoms with Gasteiger partial charge in [-0.2, -0.15) is 0 Å². The summed E-state index contributed by atoms with van der Waals surface area (Å²) < 4.78 is 7.39. The van der Waals surface area contributed by atoms with Gasteiger partial charge in [-0.1, -0.05) is 33.1 Å². The lowest BCUT2D eigenvalue weighted by Crippen LogP contribution is -2.08. The molecule has 0 spiro atoms. The first-order valence-electron chi connectivity index (χ1n) is 9.80. The van der Waals surface area contributed by atoms with Gasteiger partial charge in [0.15, 0.2) is 0 Å². The summed E-state index contributed by atoms with van der Waals surface area (Å²) in [5.74, 6) is 1.43. The molecule has 0 unspecified atom stereocenters. The second-order valence-corrected chi connectivity index (χ2v) is 7.79. The normalized spacial score (nSPS) is 16.0. The van der Waals surface area contributed by atoms with Crippen molar-refractivity contribution >= 4 is 16.7 Å². The maximum absolute atomic E-state index is 5.32. The second-order valence-electron chi connectivity index (χ2n) is 7.79. The van der Waals surface area contributed by atoms with Crippen LogP contribution in [0.4, 0.5) is 0 Å². The molecule has 0 saturated heterocycles. The molecule has 5 rings (SSSR count). The molecule has 1 saturated carbocycles. The summed E-state index contributed by atoms with van der Waals surface area (Å²) in [5, 5.41) is 8.98. The molecule has 1 fully saturated rings. The molecule has 0 radical (unpaired) electrons. The summed E-state index contributed by atoms with van der Waals surface area (Å²) in [7, 11) is 0. The standard InChI is InChI=1S/C21H23N5O/c1-13(2)17-10-16(14-6-4-3-5-7-14)15-8-9-19-23-18(21-25-22-12-27-21)11-26(19)20(15)24-17/h8-14H,3-7H2,1-2H3. The van der Waals surface area contributed by atoms with Crippen molar-refractivity contribution in [3.05, 3.63) is 42.0 Å². The fourth-order valence-corrected chi connectivity index (χ4v) is 4.21. The van der Waals surface area contributed by atoms with Gasteiger partial charge in [0, 0.05) is 17.3 Å². The molecular formula is C21H23N5O. The van der Waals surface area contributed by atoms with E-state index in [1.807, 2.05) is 6.20 Å². The van der Waals surface area contributed by atoms with Gasteiger partial charge in [0.05, 0.1) is 0 Å². The van der Waals surface area contributed by atoms with E-state index in [-0.39, 0.29) is 0 Å². The molecule has 4 heterocycles. The highest BCUT2D eigenvalue weighted by atomic mass is 16.4. The number of imidazole rings is 1. The molecule has 4 aromatic rings. The fraction of sp³-hybridized carbons (Fsp3) is 0.429. The van der Waals surface area contributed by atoms with Crippen LogP contribution in [0.1, 0.15) is 69.0 Å². The number of aromatic nitrogens is 5. The van der Waals surface area contributed by atoms with E-state index in [1.165, 1.54) is 49.4 Å². The number of hydrogen-bond donors (Lipinski definition) is 0. The average Bonchev–Trinajstić information content (AvgIpc) is 3.37. The molecule has 4 aromatic heterocycles. The van der Waals surface area contributed by atoms with Crippen molar-refractivity contribution in [2.24, 2.45) is 0 Å². The van der Waals surface area contributed by atoms with Crippen LogP contribution in [0.3, 0.4) is 0 Å². The maximum Gasteiger partial charge on any atom is 0.267 e. The van der Waals surface area contributed by atoms with Crippen molar-refractivity contribution in [3.8, 4) is 11.6 Å². The Balaban J connectivity index is 1.76. The molecule has 6 heteroatoms. The van der Waals surface area contributed by atoms with E-state index < -0.39 is 0 Å². The first-order valence-corrected chi connectivity index (χ1v) is 9.80. The van der Waals surface area contributed by atoms with E-state index in [0.29, 0.717) is 23.4 Å². The maximum atomic E-state index is 5.32. The molecule has 0 aliphatic heterocycles. The van der Waals surface area contributed by atoms with E-state index in [9.17, 15) is 0 Å². The molecule has 138 valence electrons. The Labute approximate surface area is 157 Å². The number of fused-ring (bicyclic) bond motifs is 3. The SMILES string of the molecule is CC(C)c1cc(C2CCCCC2)c2ccc3nc(-c4nnco4)cn3c2n1. The van der Waals surface area contributed by atoms with Crippen LogP contribution in [0.25, 0.3) is 28.3 Å². The van der Waals surface area contributed by atoms with Crippen LogP contribution in [-0.4, -0.2) is 24.6 Å². The van der Waals surface area contributed by atoms with Gasteiger partial charge < -0.3 is 4.42 Å². The third-order valence-electron chi connectivity index (χ3n) is 5.67. The Morgan fingerprint density at radius 3 is 2.70 bits per heavy atom. The predicted octanol–water partition coefficient (Wildman–Crippen LogP) is 5.10. The fourth-order valence-electron chi connectivity index (χ4n) is 4.21. The number of rotatable bonds is 3. The van der Waals surface area contributed by atoms with E-state index in [1.54, 1.807) is 0 Å². The molecule has 0 bridgehead atoms.